The molecular weight excluding hydrogens is 366 g/mol. The highest BCUT2D eigenvalue weighted by Crippen LogP contribution is 2.27. The summed E-state index contributed by atoms with van der Waals surface area (Å²) in [5.74, 6) is 1.04. The van der Waals surface area contributed by atoms with Gasteiger partial charge in [0.2, 0.25) is 0 Å². The predicted molar refractivity (Wildman–Crippen MR) is 112 cm³/mol. The van der Waals surface area contributed by atoms with E-state index in [0.29, 0.717) is 18.8 Å². The minimum atomic E-state index is -0.245. The van der Waals surface area contributed by atoms with Gasteiger partial charge in [-0.3, -0.25) is 4.79 Å². The minimum Gasteiger partial charge on any atom is -0.324 e. The van der Waals surface area contributed by atoms with E-state index in [9.17, 15) is 9.59 Å². The number of benzene rings is 1. The summed E-state index contributed by atoms with van der Waals surface area (Å²) < 4.78 is 1.44. The van der Waals surface area contributed by atoms with E-state index in [1.807, 2.05) is 36.4 Å². The summed E-state index contributed by atoms with van der Waals surface area (Å²) in [4.78, 5) is 35.6. The third-order valence-electron chi connectivity index (χ3n) is 5.26. The summed E-state index contributed by atoms with van der Waals surface area (Å²) >= 11 is 0. The maximum absolute atomic E-state index is 12.5. The molecule has 7 nitrogen and oxygen atoms in total. The van der Waals surface area contributed by atoms with Crippen LogP contribution in [0.25, 0.3) is 11.3 Å². The first kappa shape index (κ1) is 18.9. The number of aromatic nitrogens is 3. The van der Waals surface area contributed by atoms with Crippen molar-refractivity contribution in [2.45, 2.75) is 18.8 Å². The highest BCUT2D eigenvalue weighted by Gasteiger charge is 2.26. The number of hydrogen-bond acceptors (Lipinski definition) is 4. The van der Waals surface area contributed by atoms with Gasteiger partial charge in [-0.25, -0.2) is 14.8 Å². The molecule has 0 unspecified atom stereocenters. The molecule has 0 bridgehead atoms. The zero-order valence-electron chi connectivity index (χ0n) is 16.3. The Morgan fingerprint density at radius 1 is 1.07 bits per heavy atom. The van der Waals surface area contributed by atoms with E-state index in [4.69, 9.17) is 4.98 Å². The summed E-state index contributed by atoms with van der Waals surface area (Å²) in [6, 6.07) is 15.1. The molecule has 4 rings (SSSR count). The first-order valence-corrected chi connectivity index (χ1v) is 9.72. The van der Waals surface area contributed by atoms with Crippen LogP contribution in [0.1, 0.15) is 24.6 Å². The lowest BCUT2D eigenvalue weighted by atomic mass is 9.96. The lowest BCUT2D eigenvalue weighted by molar-refractivity contribution is 0.193. The highest BCUT2D eigenvalue weighted by atomic mass is 16.2. The first-order chi connectivity index (χ1) is 14.1. The van der Waals surface area contributed by atoms with Gasteiger partial charge in [-0.2, -0.15) is 0 Å². The lowest BCUT2D eigenvalue weighted by Crippen LogP contribution is -2.41. The van der Waals surface area contributed by atoms with Crippen molar-refractivity contribution < 1.29 is 4.79 Å². The maximum atomic E-state index is 12.5. The molecule has 0 aliphatic carbocycles. The zero-order valence-corrected chi connectivity index (χ0v) is 16.3. The Bertz CT molecular complexity index is 1060. The fraction of sp³-hybridized carbons (Fsp3) is 0.273. The Labute approximate surface area is 169 Å². The summed E-state index contributed by atoms with van der Waals surface area (Å²) in [7, 11) is 1.66. The Morgan fingerprint density at radius 2 is 1.83 bits per heavy atom. The molecule has 0 spiro atoms. The standard InChI is InChI=1S/C22H23N5O2/c1-26-13-5-8-19(21(26)28)25-22(29)27-14-10-17(11-15-27)20-23-12-9-18(24-20)16-6-3-2-4-7-16/h2-9,12-13,17H,10-11,14-15H2,1H3,(H,25,29). The molecule has 1 aliphatic heterocycles. The topological polar surface area (TPSA) is 80.1 Å². The second-order valence-corrected chi connectivity index (χ2v) is 7.20. The van der Waals surface area contributed by atoms with Crippen molar-refractivity contribution in [3.63, 3.8) is 0 Å². The predicted octanol–water partition coefficient (Wildman–Crippen LogP) is 3.25. The van der Waals surface area contributed by atoms with Gasteiger partial charge in [0, 0.05) is 44.0 Å². The Morgan fingerprint density at radius 3 is 2.59 bits per heavy atom. The van der Waals surface area contributed by atoms with Crippen molar-refractivity contribution in [3.8, 4) is 11.3 Å². The quantitative estimate of drug-likeness (QED) is 0.746. The van der Waals surface area contributed by atoms with Gasteiger partial charge in [0.1, 0.15) is 11.5 Å². The summed E-state index contributed by atoms with van der Waals surface area (Å²) in [6.07, 6.45) is 5.04. The third-order valence-corrected chi connectivity index (χ3v) is 5.26. The molecular formula is C22H23N5O2. The van der Waals surface area contributed by atoms with E-state index >= 15 is 0 Å². The normalized spacial score (nSPS) is 14.6. The number of aryl methyl sites for hydroxylation is 1. The van der Waals surface area contributed by atoms with Crippen LogP contribution in [0.5, 0.6) is 0 Å². The van der Waals surface area contributed by atoms with Crippen molar-refractivity contribution in [1.29, 1.82) is 0 Å². The molecule has 7 heteroatoms. The lowest BCUT2D eigenvalue weighted by Gasteiger charge is -2.31. The van der Waals surface area contributed by atoms with Crippen LogP contribution in [0.4, 0.5) is 10.5 Å². The number of carbonyl (C=O) groups is 1. The molecule has 3 heterocycles. The number of piperidine rings is 1. The fourth-order valence-electron chi connectivity index (χ4n) is 3.57. The van der Waals surface area contributed by atoms with Gasteiger partial charge < -0.3 is 14.8 Å². The fourth-order valence-corrected chi connectivity index (χ4v) is 3.57. The van der Waals surface area contributed by atoms with E-state index in [-0.39, 0.29) is 17.5 Å². The molecule has 29 heavy (non-hydrogen) atoms. The van der Waals surface area contributed by atoms with Gasteiger partial charge in [-0.1, -0.05) is 30.3 Å². The Kier molecular flexibility index (Phi) is 5.37. The number of nitrogens with zero attached hydrogens (tertiary/aromatic N) is 4. The van der Waals surface area contributed by atoms with Crippen LogP contribution in [0, 0.1) is 0 Å². The number of anilines is 1. The van der Waals surface area contributed by atoms with Crippen LogP contribution in [-0.4, -0.2) is 38.6 Å². The van der Waals surface area contributed by atoms with E-state index in [0.717, 1.165) is 29.9 Å². The maximum Gasteiger partial charge on any atom is 0.321 e. The number of nitrogens with one attached hydrogen (secondary N) is 1. The number of pyridine rings is 1. The van der Waals surface area contributed by atoms with Gasteiger partial charge in [0.25, 0.3) is 5.56 Å². The Balaban J connectivity index is 1.40. The second kappa shape index (κ2) is 8.26. The van der Waals surface area contributed by atoms with E-state index < -0.39 is 0 Å². The molecule has 1 aliphatic rings. The number of urea groups is 1. The van der Waals surface area contributed by atoms with Gasteiger partial charge in [-0.15, -0.1) is 0 Å². The average molecular weight is 389 g/mol. The molecule has 1 N–H and O–H groups in total. The Hall–Kier alpha value is -3.48. The van der Waals surface area contributed by atoms with E-state index in [1.165, 1.54) is 4.57 Å². The molecule has 148 valence electrons. The average Bonchev–Trinajstić information content (AvgIpc) is 2.78. The number of likely N-dealkylation sites (tertiary alicyclic amines) is 1. The van der Waals surface area contributed by atoms with Crippen molar-refractivity contribution in [3.05, 3.63) is 77.1 Å². The summed E-state index contributed by atoms with van der Waals surface area (Å²) in [6.45, 7) is 1.20. The highest BCUT2D eigenvalue weighted by molar-refractivity contribution is 5.89. The van der Waals surface area contributed by atoms with Crippen LogP contribution < -0.4 is 10.9 Å². The molecule has 0 radical (unpaired) electrons. The molecule has 3 aromatic rings. The number of carbonyl (C=O) groups excluding carboxylic acids is 1. The SMILES string of the molecule is Cn1cccc(NC(=O)N2CCC(c3nccc(-c4ccccc4)n3)CC2)c1=O. The minimum absolute atomic E-state index is 0.215. The van der Waals surface area contributed by atoms with Crippen molar-refractivity contribution in [1.82, 2.24) is 19.4 Å². The largest absolute Gasteiger partial charge is 0.324 e. The smallest absolute Gasteiger partial charge is 0.321 e. The first-order valence-electron chi connectivity index (χ1n) is 9.72. The summed E-state index contributed by atoms with van der Waals surface area (Å²) in [5, 5.41) is 2.73. The van der Waals surface area contributed by atoms with Gasteiger partial charge >= 0.3 is 6.03 Å². The van der Waals surface area contributed by atoms with E-state index in [1.54, 1.807) is 36.5 Å². The molecule has 0 saturated carbocycles. The molecule has 2 aromatic heterocycles. The number of hydrogen-bond donors (Lipinski definition) is 1. The monoisotopic (exact) mass is 389 g/mol. The molecule has 1 saturated heterocycles. The van der Waals surface area contributed by atoms with Crippen LogP contribution in [-0.2, 0) is 7.05 Å². The van der Waals surface area contributed by atoms with Crippen LogP contribution in [0.15, 0.2) is 65.7 Å². The number of amides is 2. The van der Waals surface area contributed by atoms with Crippen molar-refractivity contribution in [2.75, 3.05) is 18.4 Å². The molecule has 1 aromatic carbocycles. The van der Waals surface area contributed by atoms with Gasteiger partial charge in [0.05, 0.1) is 5.69 Å². The molecule has 2 amide bonds. The van der Waals surface area contributed by atoms with Gasteiger partial charge in [-0.05, 0) is 31.0 Å². The summed E-state index contributed by atoms with van der Waals surface area (Å²) in [5.41, 5.74) is 2.05. The van der Waals surface area contributed by atoms with Gasteiger partial charge in [0.15, 0.2) is 0 Å². The third kappa shape index (κ3) is 4.18. The van der Waals surface area contributed by atoms with Crippen molar-refractivity contribution in [2.24, 2.45) is 7.05 Å². The van der Waals surface area contributed by atoms with E-state index in [2.05, 4.69) is 10.3 Å². The van der Waals surface area contributed by atoms with Crippen LogP contribution in [0.3, 0.4) is 0 Å². The second-order valence-electron chi connectivity index (χ2n) is 7.20. The van der Waals surface area contributed by atoms with Crippen LogP contribution in [0.2, 0.25) is 0 Å². The molecule has 1 fully saturated rings. The molecule has 0 atom stereocenters. The zero-order chi connectivity index (χ0) is 20.2. The number of rotatable bonds is 3. The van der Waals surface area contributed by atoms with Crippen LogP contribution >= 0.6 is 0 Å². The van der Waals surface area contributed by atoms with Crippen molar-refractivity contribution >= 4 is 11.7 Å².